The number of para-hydroxylation sites is 1. The quantitative estimate of drug-likeness (QED) is 0.886. The maximum absolute atomic E-state index is 12.6. The van der Waals surface area contributed by atoms with E-state index in [1.54, 1.807) is 12.1 Å². The van der Waals surface area contributed by atoms with Gasteiger partial charge in [-0.3, -0.25) is 4.31 Å². The topological polar surface area (TPSA) is 63.4 Å². The van der Waals surface area contributed by atoms with Gasteiger partial charge >= 0.3 is 0 Å². The molecule has 0 aliphatic rings. The molecule has 106 valence electrons. The molecule has 2 N–H and O–H groups in total. The van der Waals surface area contributed by atoms with E-state index in [0.29, 0.717) is 11.4 Å². The molecule has 2 aromatic carbocycles. The fourth-order valence-electron chi connectivity index (χ4n) is 1.92. The zero-order valence-electron chi connectivity index (χ0n) is 11.2. The number of sulfonamides is 1. The van der Waals surface area contributed by atoms with Gasteiger partial charge in [0.1, 0.15) is 4.90 Å². The van der Waals surface area contributed by atoms with Gasteiger partial charge < -0.3 is 5.73 Å². The predicted molar refractivity (Wildman–Crippen MR) is 82.6 cm³/mol. The monoisotopic (exact) mass is 310 g/mol. The lowest BCUT2D eigenvalue weighted by atomic mass is 10.2. The van der Waals surface area contributed by atoms with Crippen LogP contribution in [0, 0.1) is 6.92 Å². The van der Waals surface area contributed by atoms with E-state index >= 15 is 0 Å². The van der Waals surface area contributed by atoms with Crippen molar-refractivity contribution in [1.82, 2.24) is 0 Å². The fourth-order valence-corrected chi connectivity index (χ4v) is 3.71. The summed E-state index contributed by atoms with van der Waals surface area (Å²) >= 11 is 6.00. The molecule has 0 heterocycles. The molecule has 0 amide bonds. The van der Waals surface area contributed by atoms with Crippen molar-refractivity contribution >= 4 is 33.0 Å². The second-order valence-corrected chi connectivity index (χ2v) is 6.79. The van der Waals surface area contributed by atoms with E-state index in [1.165, 1.54) is 29.6 Å². The number of hydrogen-bond donors (Lipinski definition) is 1. The fraction of sp³-hybridized carbons (Fsp3) is 0.143. The predicted octanol–water partition coefficient (Wildman–Crippen LogP) is 3.06. The van der Waals surface area contributed by atoms with E-state index in [9.17, 15) is 8.42 Å². The zero-order chi connectivity index (χ0) is 14.9. The minimum absolute atomic E-state index is 0.0409. The molecule has 4 nitrogen and oxygen atoms in total. The summed E-state index contributed by atoms with van der Waals surface area (Å²) in [5.41, 5.74) is 7.49. The molecule has 0 saturated heterocycles. The summed E-state index contributed by atoms with van der Waals surface area (Å²) in [6.45, 7) is 1.85. The first-order valence-electron chi connectivity index (χ1n) is 5.93. The third-order valence-corrected chi connectivity index (χ3v) is 5.30. The minimum Gasteiger partial charge on any atom is -0.399 e. The van der Waals surface area contributed by atoms with Crippen LogP contribution >= 0.6 is 11.6 Å². The molecule has 0 aromatic heterocycles. The number of rotatable bonds is 3. The second kappa shape index (κ2) is 5.34. The highest BCUT2D eigenvalue weighted by atomic mass is 35.5. The van der Waals surface area contributed by atoms with Crippen LogP contribution in [0.2, 0.25) is 5.02 Å². The van der Waals surface area contributed by atoms with Gasteiger partial charge in [0, 0.05) is 12.7 Å². The number of nitrogens with two attached hydrogens (primary N) is 1. The first kappa shape index (κ1) is 14.7. The first-order valence-corrected chi connectivity index (χ1v) is 7.75. The number of nitrogen functional groups attached to an aromatic ring is 1. The number of hydrogen-bond acceptors (Lipinski definition) is 3. The van der Waals surface area contributed by atoms with Crippen molar-refractivity contribution in [2.75, 3.05) is 17.1 Å². The van der Waals surface area contributed by atoms with Crippen LogP contribution < -0.4 is 10.0 Å². The second-order valence-electron chi connectivity index (χ2n) is 4.45. The summed E-state index contributed by atoms with van der Waals surface area (Å²) in [4.78, 5) is 0.0409. The Labute approximate surface area is 123 Å². The molecule has 0 aliphatic heterocycles. The molecule has 0 unspecified atom stereocenters. The summed E-state index contributed by atoms with van der Waals surface area (Å²) in [6.07, 6.45) is 0. The van der Waals surface area contributed by atoms with Gasteiger partial charge in [0.2, 0.25) is 0 Å². The van der Waals surface area contributed by atoms with Crippen LogP contribution in [0.15, 0.2) is 47.4 Å². The number of aryl methyl sites for hydroxylation is 1. The Hall–Kier alpha value is -1.72. The van der Waals surface area contributed by atoms with Crippen molar-refractivity contribution < 1.29 is 8.42 Å². The molecule has 20 heavy (non-hydrogen) atoms. The molecule has 0 spiro atoms. The maximum Gasteiger partial charge on any atom is 0.265 e. The van der Waals surface area contributed by atoms with E-state index in [-0.39, 0.29) is 9.92 Å². The van der Waals surface area contributed by atoms with Crippen LogP contribution in [0.25, 0.3) is 0 Å². The van der Waals surface area contributed by atoms with Crippen LogP contribution in [-0.2, 0) is 10.0 Å². The van der Waals surface area contributed by atoms with Crippen LogP contribution in [0.4, 0.5) is 11.4 Å². The van der Waals surface area contributed by atoms with E-state index in [0.717, 1.165) is 5.56 Å². The number of anilines is 2. The highest BCUT2D eigenvalue weighted by Gasteiger charge is 2.24. The highest BCUT2D eigenvalue weighted by molar-refractivity contribution is 7.93. The molecule has 2 rings (SSSR count). The Bertz CT molecular complexity index is 745. The summed E-state index contributed by atoms with van der Waals surface area (Å²) in [5.74, 6) is 0. The van der Waals surface area contributed by atoms with E-state index < -0.39 is 10.0 Å². The molecular weight excluding hydrogens is 296 g/mol. The average Bonchev–Trinajstić information content (AvgIpc) is 2.38. The molecule has 0 radical (unpaired) electrons. The van der Waals surface area contributed by atoms with Crippen molar-refractivity contribution in [3.63, 3.8) is 0 Å². The Morgan fingerprint density at radius 1 is 1.15 bits per heavy atom. The number of halogens is 1. The molecule has 0 atom stereocenters. The van der Waals surface area contributed by atoms with Gasteiger partial charge in [0.05, 0.1) is 10.7 Å². The highest BCUT2D eigenvalue weighted by Crippen LogP contribution is 2.30. The van der Waals surface area contributed by atoms with Gasteiger partial charge in [-0.25, -0.2) is 8.42 Å². The van der Waals surface area contributed by atoms with Crippen molar-refractivity contribution in [2.45, 2.75) is 11.8 Å². The van der Waals surface area contributed by atoms with Crippen molar-refractivity contribution in [1.29, 1.82) is 0 Å². The standard InChI is InChI=1S/C14H15ClN2O2S/c1-10-5-3-4-6-13(10)17(2)20(18,19)14-8-7-11(16)9-12(14)15/h3-9H,16H2,1-2H3. The lowest BCUT2D eigenvalue weighted by Gasteiger charge is -2.22. The summed E-state index contributed by atoms with van der Waals surface area (Å²) in [6, 6.07) is 11.6. The maximum atomic E-state index is 12.6. The van der Waals surface area contributed by atoms with Gasteiger partial charge in [0.15, 0.2) is 0 Å². The van der Waals surface area contributed by atoms with Crippen LogP contribution in [0.1, 0.15) is 5.56 Å². The van der Waals surface area contributed by atoms with Gasteiger partial charge in [-0.15, -0.1) is 0 Å². The molecular formula is C14H15ClN2O2S. The summed E-state index contributed by atoms with van der Waals surface area (Å²) < 4.78 is 26.5. The van der Waals surface area contributed by atoms with E-state index in [1.807, 2.05) is 19.1 Å². The average molecular weight is 311 g/mol. The SMILES string of the molecule is Cc1ccccc1N(C)S(=O)(=O)c1ccc(N)cc1Cl. The van der Waals surface area contributed by atoms with Crippen molar-refractivity contribution in [3.05, 3.63) is 53.1 Å². The number of nitrogens with zero attached hydrogens (tertiary/aromatic N) is 1. The van der Waals surface area contributed by atoms with Gasteiger partial charge in [-0.05, 0) is 36.8 Å². The van der Waals surface area contributed by atoms with Crippen LogP contribution in [-0.4, -0.2) is 15.5 Å². The Balaban J connectivity index is 2.53. The van der Waals surface area contributed by atoms with Crippen LogP contribution in [0.5, 0.6) is 0 Å². The van der Waals surface area contributed by atoms with Gasteiger partial charge in [0.25, 0.3) is 10.0 Å². The molecule has 0 aliphatic carbocycles. The largest absolute Gasteiger partial charge is 0.399 e. The molecule has 2 aromatic rings. The van der Waals surface area contributed by atoms with Crippen molar-refractivity contribution in [2.24, 2.45) is 0 Å². The van der Waals surface area contributed by atoms with E-state index in [4.69, 9.17) is 17.3 Å². The molecule has 0 saturated carbocycles. The first-order chi connectivity index (χ1) is 9.34. The number of benzene rings is 2. The smallest absolute Gasteiger partial charge is 0.265 e. The Morgan fingerprint density at radius 2 is 1.80 bits per heavy atom. The lowest BCUT2D eigenvalue weighted by molar-refractivity contribution is 0.594. The van der Waals surface area contributed by atoms with Crippen LogP contribution in [0.3, 0.4) is 0 Å². The molecule has 6 heteroatoms. The zero-order valence-corrected chi connectivity index (χ0v) is 12.7. The minimum atomic E-state index is -3.72. The van der Waals surface area contributed by atoms with E-state index in [2.05, 4.69) is 0 Å². The Morgan fingerprint density at radius 3 is 2.40 bits per heavy atom. The van der Waals surface area contributed by atoms with Gasteiger partial charge in [-0.1, -0.05) is 29.8 Å². The third kappa shape index (κ3) is 2.59. The van der Waals surface area contributed by atoms with Gasteiger partial charge in [-0.2, -0.15) is 0 Å². The molecule has 0 fully saturated rings. The summed E-state index contributed by atoms with van der Waals surface area (Å²) in [5, 5.41) is 0.116. The summed E-state index contributed by atoms with van der Waals surface area (Å²) in [7, 11) is -2.21. The lowest BCUT2D eigenvalue weighted by Crippen LogP contribution is -2.27. The Kier molecular flexibility index (Phi) is 3.92. The molecule has 0 bridgehead atoms. The normalized spacial score (nSPS) is 11.3. The van der Waals surface area contributed by atoms with Crippen molar-refractivity contribution in [3.8, 4) is 0 Å². The third-order valence-electron chi connectivity index (χ3n) is 3.05.